The highest BCUT2D eigenvalue weighted by Gasteiger charge is 1.99. The first-order valence-electron chi connectivity index (χ1n) is 4.14. The summed E-state index contributed by atoms with van der Waals surface area (Å²) in [6.45, 7) is 1.29. The van der Waals surface area contributed by atoms with Crippen molar-refractivity contribution in [3.8, 4) is 0 Å². The smallest absolute Gasteiger partial charge is 0.140 e. The molecule has 0 aliphatic carbocycles. The number of aromatic nitrogens is 1. The van der Waals surface area contributed by atoms with E-state index >= 15 is 0 Å². The van der Waals surface area contributed by atoms with Gasteiger partial charge in [-0.15, -0.1) is 0 Å². The van der Waals surface area contributed by atoms with Crippen molar-refractivity contribution >= 4 is 37.7 Å². The number of hydrogen-bond acceptors (Lipinski definition) is 3. The molecular weight excluding hydrogens is 310 g/mol. The van der Waals surface area contributed by atoms with Crippen LogP contribution in [0.3, 0.4) is 0 Å². The first kappa shape index (κ1) is 11.7. The van der Waals surface area contributed by atoms with Crippen molar-refractivity contribution in [1.29, 1.82) is 0 Å². The van der Waals surface area contributed by atoms with Crippen LogP contribution in [0.1, 0.15) is 0 Å². The second kappa shape index (κ2) is 6.16. The second-order valence-corrected chi connectivity index (χ2v) is 4.34. The summed E-state index contributed by atoms with van der Waals surface area (Å²) >= 11 is 6.75. The quantitative estimate of drug-likeness (QED) is 0.838. The van der Waals surface area contributed by atoms with E-state index in [-0.39, 0.29) is 0 Å². The molecule has 0 spiro atoms. The van der Waals surface area contributed by atoms with Crippen molar-refractivity contribution in [2.45, 2.75) is 0 Å². The molecule has 0 aliphatic rings. The van der Waals surface area contributed by atoms with Crippen LogP contribution in [0.25, 0.3) is 0 Å². The van der Waals surface area contributed by atoms with Crippen molar-refractivity contribution < 1.29 is 0 Å². The minimum atomic E-state index is 0.566. The van der Waals surface area contributed by atoms with Crippen LogP contribution in [0.4, 0.5) is 5.82 Å². The summed E-state index contributed by atoms with van der Waals surface area (Å²) in [7, 11) is 0. The van der Waals surface area contributed by atoms with Crippen molar-refractivity contribution in [3.05, 3.63) is 33.4 Å². The fourth-order valence-corrected chi connectivity index (χ4v) is 2.01. The van der Waals surface area contributed by atoms with Gasteiger partial charge >= 0.3 is 0 Å². The fourth-order valence-electron chi connectivity index (χ4n) is 0.880. The molecule has 0 aliphatic heterocycles. The summed E-state index contributed by atoms with van der Waals surface area (Å²) in [5, 5.41) is 3.15. The molecule has 14 heavy (non-hydrogen) atoms. The van der Waals surface area contributed by atoms with Gasteiger partial charge in [0, 0.05) is 23.8 Å². The number of nitrogens with two attached hydrogens (primary N) is 1. The number of nitrogens with zero attached hydrogens (tertiary/aromatic N) is 1. The van der Waals surface area contributed by atoms with Gasteiger partial charge in [0.25, 0.3) is 0 Å². The predicted octanol–water partition coefficient (Wildman–Crippen LogP) is 2.53. The Balaban J connectivity index is 2.55. The maximum absolute atomic E-state index is 5.31. The minimum Gasteiger partial charge on any atom is -0.366 e. The average Bonchev–Trinajstić information content (AvgIpc) is 2.15. The van der Waals surface area contributed by atoms with Crippen molar-refractivity contribution in [1.82, 2.24) is 4.98 Å². The molecule has 1 aromatic rings. The van der Waals surface area contributed by atoms with E-state index in [1.807, 2.05) is 18.2 Å². The van der Waals surface area contributed by atoms with Crippen molar-refractivity contribution in [3.63, 3.8) is 0 Å². The van der Waals surface area contributed by atoms with Gasteiger partial charge in [-0.05, 0) is 37.9 Å². The molecule has 5 heteroatoms. The zero-order valence-electron chi connectivity index (χ0n) is 7.50. The Morgan fingerprint density at radius 2 is 2.21 bits per heavy atom. The molecule has 76 valence electrons. The zero-order chi connectivity index (χ0) is 10.4. The topological polar surface area (TPSA) is 50.9 Å². The van der Waals surface area contributed by atoms with Gasteiger partial charge < -0.3 is 11.1 Å². The molecule has 0 amide bonds. The summed E-state index contributed by atoms with van der Waals surface area (Å²) in [5.74, 6) is 0.829. The maximum atomic E-state index is 5.31. The Labute approximate surface area is 100 Å². The lowest BCUT2D eigenvalue weighted by atomic mass is 10.4. The Morgan fingerprint density at radius 3 is 2.86 bits per heavy atom. The highest BCUT2D eigenvalue weighted by Crippen LogP contribution is 2.22. The van der Waals surface area contributed by atoms with E-state index in [1.165, 1.54) is 0 Å². The van der Waals surface area contributed by atoms with E-state index in [4.69, 9.17) is 5.73 Å². The van der Waals surface area contributed by atoms with E-state index in [1.54, 1.807) is 6.20 Å². The summed E-state index contributed by atoms with van der Waals surface area (Å²) in [6, 6.07) is 1.95. The van der Waals surface area contributed by atoms with E-state index in [0.29, 0.717) is 6.54 Å². The van der Waals surface area contributed by atoms with Gasteiger partial charge in [0.15, 0.2) is 0 Å². The van der Waals surface area contributed by atoms with Crippen LogP contribution in [0, 0.1) is 0 Å². The lowest BCUT2D eigenvalue weighted by Gasteiger charge is -2.04. The van der Waals surface area contributed by atoms with Gasteiger partial charge in [-0.3, -0.25) is 0 Å². The minimum absolute atomic E-state index is 0.566. The van der Waals surface area contributed by atoms with E-state index in [2.05, 4.69) is 42.2 Å². The summed E-state index contributed by atoms with van der Waals surface area (Å²) in [4.78, 5) is 4.21. The van der Waals surface area contributed by atoms with Gasteiger partial charge in [-0.2, -0.15) is 0 Å². The molecule has 1 heterocycles. The normalized spacial score (nSPS) is 10.8. The van der Waals surface area contributed by atoms with Gasteiger partial charge in [0.2, 0.25) is 0 Å². The van der Waals surface area contributed by atoms with Crippen LogP contribution in [-0.2, 0) is 0 Å². The van der Waals surface area contributed by atoms with Crippen LogP contribution in [0.2, 0.25) is 0 Å². The zero-order valence-corrected chi connectivity index (χ0v) is 10.7. The molecule has 0 radical (unpaired) electrons. The van der Waals surface area contributed by atoms with E-state index in [9.17, 15) is 0 Å². The highest BCUT2D eigenvalue weighted by atomic mass is 79.9. The largest absolute Gasteiger partial charge is 0.366 e. The molecule has 0 unspecified atom stereocenters. The van der Waals surface area contributed by atoms with Crippen LogP contribution in [0.15, 0.2) is 33.4 Å². The van der Waals surface area contributed by atoms with Gasteiger partial charge in [0.1, 0.15) is 5.82 Å². The van der Waals surface area contributed by atoms with Gasteiger partial charge in [-0.25, -0.2) is 4.98 Å². The molecule has 0 saturated heterocycles. The summed E-state index contributed by atoms with van der Waals surface area (Å²) in [5.41, 5.74) is 5.31. The number of halogens is 2. The Hall–Kier alpha value is -0.390. The van der Waals surface area contributed by atoms with Crippen LogP contribution >= 0.6 is 31.9 Å². The van der Waals surface area contributed by atoms with Crippen LogP contribution < -0.4 is 11.1 Å². The predicted molar refractivity (Wildman–Crippen MR) is 66.3 cm³/mol. The molecular formula is C9H11Br2N3. The molecule has 0 atom stereocenters. The molecule has 0 fully saturated rings. The highest BCUT2D eigenvalue weighted by molar-refractivity contribution is 9.11. The third-order valence-electron chi connectivity index (χ3n) is 1.50. The summed E-state index contributed by atoms with van der Waals surface area (Å²) < 4.78 is 1.89. The summed E-state index contributed by atoms with van der Waals surface area (Å²) in [6.07, 6.45) is 5.62. The lowest BCUT2D eigenvalue weighted by Crippen LogP contribution is -2.02. The molecule has 1 rings (SSSR count). The number of rotatable bonds is 4. The first-order valence-corrected chi connectivity index (χ1v) is 5.72. The third kappa shape index (κ3) is 3.77. The molecule has 0 saturated carbocycles. The lowest BCUT2D eigenvalue weighted by molar-refractivity contribution is 1.18. The SMILES string of the molecule is NC/C=C/CNc1ncc(Br)cc1Br. The first-order chi connectivity index (χ1) is 6.74. The molecule has 0 bridgehead atoms. The van der Waals surface area contributed by atoms with Crippen molar-refractivity contribution in [2.24, 2.45) is 5.73 Å². The average molecular weight is 321 g/mol. The molecule has 3 N–H and O–H groups in total. The molecule has 3 nitrogen and oxygen atoms in total. The van der Waals surface area contributed by atoms with Crippen LogP contribution in [0.5, 0.6) is 0 Å². The number of anilines is 1. The van der Waals surface area contributed by atoms with E-state index < -0.39 is 0 Å². The Kier molecular flexibility index (Phi) is 5.14. The third-order valence-corrected chi connectivity index (χ3v) is 2.54. The Bertz CT molecular complexity index is 326. The fraction of sp³-hybridized carbons (Fsp3) is 0.222. The van der Waals surface area contributed by atoms with Gasteiger partial charge in [-0.1, -0.05) is 12.2 Å². The van der Waals surface area contributed by atoms with Gasteiger partial charge in [0.05, 0.1) is 4.47 Å². The monoisotopic (exact) mass is 319 g/mol. The number of nitrogens with one attached hydrogen (secondary N) is 1. The Morgan fingerprint density at radius 1 is 1.43 bits per heavy atom. The molecule has 1 aromatic heterocycles. The van der Waals surface area contributed by atoms with Crippen LogP contribution in [-0.4, -0.2) is 18.1 Å². The second-order valence-electron chi connectivity index (χ2n) is 2.57. The number of pyridine rings is 1. The van der Waals surface area contributed by atoms with Crippen molar-refractivity contribution in [2.75, 3.05) is 18.4 Å². The molecule has 0 aromatic carbocycles. The standard InChI is InChI=1S/C9H11Br2N3/c10-7-5-8(11)9(14-6-7)13-4-2-1-3-12/h1-2,5-6H,3-4,12H2,(H,13,14)/b2-1+. The maximum Gasteiger partial charge on any atom is 0.140 e. The van der Waals surface area contributed by atoms with E-state index in [0.717, 1.165) is 21.3 Å². The number of hydrogen-bond donors (Lipinski definition) is 2.